The van der Waals surface area contributed by atoms with Crippen molar-refractivity contribution in [2.45, 2.75) is 6.92 Å². The summed E-state index contributed by atoms with van der Waals surface area (Å²) in [6.45, 7) is 1.88. The van der Waals surface area contributed by atoms with Gasteiger partial charge in [0.15, 0.2) is 16.6 Å². The van der Waals surface area contributed by atoms with Crippen molar-refractivity contribution in [1.29, 1.82) is 0 Å². The fraction of sp³-hybridized carbons (Fsp3) is 0.333. The highest BCUT2D eigenvalue weighted by Crippen LogP contribution is 2.27. The van der Waals surface area contributed by atoms with E-state index in [1.807, 2.05) is 25.1 Å². The Morgan fingerprint density at radius 1 is 1.22 bits per heavy atom. The van der Waals surface area contributed by atoms with Gasteiger partial charge in [-0.3, -0.25) is 5.43 Å². The van der Waals surface area contributed by atoms with Gasteiger partial charge < -0.3 is 14.8 Å². The number of thiocarbonyl (C=S) groups is 1. The van der Waals surface area contributed by atoms with Crippen molar-refractivity contribution in [1.82, 2.24) is 10.7 Å². The molecule has 0 aliphatic carbocycles. The highest BCUT2D eigenvalue weighted by molar-refractivity contribution is 7.80. The Kier molecular flexibility index (Phi) is 5.38. The van der Waals surface area contributed by atoms with Gasteiger partial charge in [0.05, 0.1) is 19.9 Å². The van der Waals surface area contributed by atoms with Crippen molar-refractivity contribution >= 4 is 23.0 Å². The van der Waals surface area contributed by atoms with Crippen LogP contribution in [0.25, 0.3) is 0 Å². The lowest BCUT2D eigenvalue weighted by Gasteiger charge is -2.09. The molecule has 0 aliphatic heterocycles. The Morgan fingerprint density at radius 2 is 1.89 bits per heavy atom. The highest BCUT2D eigenvalue weighted by atomic mass is 32.1. The minimum atomic E-state index is 0.467. The Morgan fingerprint density at radius 3 is 2.44 bits per heavy atom. The number of rotatable bonds is 4. The van der Waals surface area contributed by atoms with Crippen molar-refractivity contribution < 1.29 is 9.47 Å². The molecule has 18 heavy (non-hydrogen) atoms. The molecule has 0 aliphatic rings. The van der Waals surface area contributed by atoms with E-state index >= 15 is 0 Å². The number of hydrogen-bond acceptors (Lipinski definition) is 4. The third kappa shape index (κ3) is 3.59. The van der Waals surface area contributed by atoms with Crippen LogP contribution < -0.4 is 20.2 Å². The van der Waals surface area contributed by atoms with Crippen LogP contribution in [0.15, 0.2) is 23.3 Å². The minimum Gasteiger partial charge on any atom is -0.493 e. The van der Waals surface area contributed by atoms with E-state index in [1.165, 1.54) is 0 Å². The zero-order valence-corrected chi connectivity index (χ0v) is 11.7. The van der Waals surface area contributed by atoms with E-state index in [1.54, 1.807) is 21.3 Å². The monoisotopic (exact) mass is 267 g/mol. The lowest BCUT2D eigenvalue weighted by molar-refractivity contribution is 0.355. The third-order valence-corrected chi connectivity index (χ3v) is 2.65. The Labute approximate surface area is 112 Å². The van der Waals surface area contributed by atoms with E-state index in [0.29, 0.717) is 16.6 Å². The second-order valence-electron chi connectivity index (χ2n) is 3.46. The number of hydrazone groups is 1. The summed E-state index contributed by atoms with van der Waals surface area (Å²) >= 11 is 4.94. The first-order valence-corrected chi connectivity index (χ1v) is 5.77. The minimum absolute atomic E-state index is 0.467. The molecule has 98 valence electrons. The maximum atomic E-state index is 5.24. The molecular formula is C12H17N3O2S. The second-order valence-corrected chi connectivity index (χ2v) is 3.87. The predicted octanol–water partition coefficient (Wildman–Crippen LogP) is 1.52. The first-order chi connectivity index (χ1) is 8.62. The largest absolute Gasteiger partial charge is 0.493 e. The lowest BCUT2D eigenvalue weighted by atomic mass is 10.1. The van der Waals surface area contributed by atoms with Crippen LogP contribution >= 0.6 is 12.2 Å². The van der Waals surface area contributed by atoms with Crippen LogP contribution in [-0.4, -0.2) is 32.1 Å². The van der Waals surface area contributed by atoms with Gasteiger partial charge in [-0.2, -0.15) is 5.10 Å². The zero-order valence-electron chi connectivity index (χ0n) is 10.9. The maximum Gasteiger partial charge on any atom is 0.186 e. The SMILES string of the molecule is CNC(=S)NN=C(C)c1ccc(OC)c(OC)c1. The van der Waals surface area contributed by atoms with Crippen molar-refractivity contribution in [3.05, 3.63) is 23.8 Å². The van der Waals surface area contributed by atoms with Crippen LogP contribution in [0.1, 0.15) is 12.5 Å². The van der Waals surface area contributed by atoms with Gasteiger partial charge in [-0.15, -0.1) is 0 Å². The molecule has 0 saturated heterocycles. The van der Waals surface area contributed by atoms with Crippen molar-refractivity contribution in [3.63, 3.8) is 0 Å². The van der Waals surface area contributed by atoms with Gasteiger partial charge in [0.25, 0.3) is 0 Å². The van der Waals surface area contributed by atoms with Gasteiger partial charge in [0.2, 0.25) is 0 Å². The molecule has 0 radical (unpaired) electrons. The molecule has 0 fully saturated rings. The van der Waals surface area contributed by atoms with Gasteiger partial charge in [-0.25, -0.2) is 0 Å². The molecule has 0 unspecified atom stereocenters. The van der Waals surface area contributed by atoms with Crippen LogP contribution in [0.3, 0.4) is 0 Å². The Bertz CT molecular complexity index is 461. The standard InChI is InChI=1S/C12H17N3O2S/c1-8(14-15-12(18)13-2)9-5-6-10(16-3)11(7-9)17-4/h5-7H,1-4H3,(H2,13,15,18). The molecule has 0 atom stereocenters. The molecule has 0 heterocycles. The average Bonchev–Trinajstić information content (AvgIpc) is 2.43. The zero-order chi connectivity index (χ0) is 13.5. The summed E-state index contributed by atoms with van der Waals surface area (Å²) in [5, 5.41) is 7.41. The molecule has 0 aromatic heterocycles. The number of benzene rings is 1. The van der Waals surface area contributed by atoms with Crippen LogP contribution in [-0.2, 0) is 0 Å². The number of hydrogen-bond donors (Lipinski definition) is 2. The van der Waals surface area contributed by atoms with Crippen molar-refractivity contribution in [2.75, 3.05) is 21.3 Å². The van der Waals surface area contributed by atoms with Gasteiger partial charge >= 0.3 is 0 Å². The molecule has 5 nitrogen and oxygen atoms in total. The van der Waals surface area contributed by atoms with E-state index < -0.39 is 0 Å². The summed E-state index contributed by atoms with van der Waals surface area (Å²) in [5.41, 5.74) is 4.46. The Hall–Kier alpha value is -1.82. The van der Waals surface area contributed by atoms with Gasteiger partial charge in [0.1, 0.15) is 0 Å². The summed E-state index contributed by atoms with van der Waals surface area (Å²) in [6, 6.07) is 5.61. The summed E-state index contributed by atoms with van der Waals surface area (Å²) in [4.78, 5) is 0. The van der Waals surface area contributed by atoms with E-state index in [4.69, 9.17) is 21.7 Å². The topological polar surface area (TPSA) is 54.9 Å². The quantitative estimate of drug-likeness (QED) is 0.492. The van der Waals surface area contributed by atoms with E-state index in [-0.39, 0.29) is 0 Å². The molecule has 0 amide bonds. The van der Waals surface area contributed by atoms with Crippen LogP contribution in [0.4, 0.5) is 0 Å². The van der Waals surface area contributed by atoms with Gasteiger partial charge in [-0.1, -0.05) is 0 Å². The number of ether oxygens (including phenoxy) is 2. The summed E-state index contributed by atoms with van der Waals surface area (Å²) in [6.07, 6.45) is 0. The van der Waals surface area contributed by atoms with E-state index in [9.17, 15) is 0 Å². The molecular weight excluding hydrogens is 250 g/mol. The van der Waals surface area contributed by atoms with Crippen LogP contribution in [0.5, 0.6) is 11.5 Å². The summed E-state index contributed by atoms with van der Waals surface area (Å²) < 4.78 is 10.4. The average molecular weight is 267 g/mol. The molecule has 0 spiro atoms. The maximum absolute atomic E-state index is 5.24. The fourth-order valence-electron chi connectivity index (χ4n) is 1.32. The first kappa shape index (κ1) is 14.2. The molecule has 6 heteroatoms. The van der Waals surface area contributed by atoms with Crippen molar-refractivity contribution in [2.24, 2.45) is 5.10 Å². The number of nitrogens with one attached hydrogen (secondary N) is 2. The van der Waals surface area contributed by atoms with E-state index in [2.05, 4.69) is 15.8 Å². The molecule has 0 bridgehead atoms. The van der Waals surface area contributed by atoms with Gasteiger partial charge in [-0.05, 0) is 37.3 Å². The molecule has 0 saturated carbocycles. The second kappa shape index (κ2) is 6.80. The molecule has 1 aromatic carbocycles. The molecule has 1 rings (SSSR count). The number of methoxy groups -OCH3 is 2. The molecule has 2 N–H and O–H groups in total. The normalized spacial score (nSPS) is 10.8. The first-order valence-electron chi connectivity index (χ1n) is 5.36. The highest BCUT2D eigenvalue weighted by Gasteiger charge is 2.06. The van der Waals surface area contributed by atoms with Crippen LogP contribution in [0, 0.1) is 0 Å². The summed E-state index contributed by atoms with van der Waals surface area (Å²) in [7, 11) is 4.93. The smallest absolute Gasteiger partial charge is 0.186 e. The summed E-state index contributed by atoms with van der Waals surface area (Å²) in [5.74, 6) is 1.36. The predicted molar refractivity (Wildman–Crippen MR) is 76.6 cm³/mol. The molecule has 1 aromatic rings. The third-order valence-electron chi connectivity index (χ3n) is 2.35. The fourth-order valence-corrected chi connectivity index (χ4v) is 1.36. The number of nitrogens with zero attached hydrogens (tertiary/aromatic N) is 1. The van der Waals surface area contributed by atoms with Crippen LogP contribution in [0.2, 0.25) is 0 Å². The lowest BCUT2D eigenvalue weighted by Crippen LogP contribution is -2.29. The van der Waals surface area contributed by atoms with Crippen molar-refractivity contribution in [3.8, 4) is 11.5 Å². The van der Waals surface area contributed by atoms with E-state index in [0.717, 1.165) is 11.3 Å². The van der Waals surface area contributed by atoms with Gasteiger partial charge in [0, 0.05) is 12.6 Å². The Balaban J connectivity index is 2.92.